The molecule has 0 N–H and O–H groups in total. The Hall–Kier alpha value is -1.61. The van der Waals surface area contributed by atoms with Gasteiger partial charge in [-0.1, -0.05) is 24.3 Å². The van der Waals surface area contributed by atoms with Crippen molar-refractivity contribution in [1.82, 2.24) is 9.88 Å². The molecule has 2 fully saturated rings. The minimum absolute atomic E-state index is 0.832. The van der Waals surface area contributed by atoms with E-state index in [0.29, 0.717) is 0 Å². The van der Waals surface area contributed by atoms with Crippen LogP contribution in [0.5, 0.6) is 0 Å². The Balaban J connectivity index is 1.62. The van der Waals surface area contributed by atoms with E-state index >= 15 is 0 Å². The van der Waals surface area contributed by atoms with E-state index in [-0.39, 0.29) is 0 Å². The molecule has 0 saturated carbocycles. The maximum atomic E-state index is 4.65. The molecule has 3 nitrogen and oxygen atoms in total. The summed E-state index contributed by atoms with van der Waals surface area (Å²) in [6.45, 7) is 4.82. The second kappa shape index (κ2) is 4.20. The van der Waals surface area contributed by atoms with Gasteiger partial charge in [0.15, 0.2) is 0 Å². The Labute approximate surface area is 113 Å². The molecule has 2 aliphatic heterocycles. The predicted molar refractivity (Wildman–Crippen MR) is 78.4 cm³/mol. The van der Waals surface area contributed by atoms with Gasteiger partial charge in [-0.15, -0.1) is 0 Å². The third-order valence-electron chi connectivity index (χ3n) is 4.61. The van der Waals surface area contributed by atoms with E-state index in [0.717, 1.165) is 17.7 Å². The van der Waals surface area contributed by atoms with Crippen molar-refractivity contribution in [2.45, 2.75) is 0 Å². The van der Waals surface area contributed by atoms with Crippen molar-refractivity contribution >= 4 is 16.6 Å². The number of hydrogen-bond acceptors (Lipinski definition) is 3. The van der Waals surface area contributed by atoms with E-state index < -0.39 is 0 Å². The summed E-state index contributed by atoms with van der Waals surface area (Å²) in [6, 6.07) is 10.7. The van der Waals surface area contributed by atoms with Gasteiger partial charge in [-0.2, -0.15) is 0 Å². The van der Waals surface area contributed by atoms with Crippen LogP contribution in [0.2, 0.25) is 0 Å². The summed E-state index contributed by atoms with van der Waals surface area (Å²) in [5.41, 5.74) is 0. The Morgan fingerprint density at radius 2 is 1.68 bits per heavy atom. The Bertz CT molecular complexity index is 596. The van der Waals surface area contributed by atoms with Gasteiger partial charge in [0.05, 0.1) is 0 Å². The fourth-order valence-electron chi connectivity index (χ4n) is 3.66. The predicted octanol–water partition coefficient (Wildman–Crippen LogP) is 2.23. The van der Waals surface area contributed by atoms with Crippen LogP contribution >= 0.6 is 0 Å². The van der Waals surface area contributed by atoms with Crippen LogP contribution in [-0.4, -0.2) is 43.1 Å². The molecule has 1 aromatic carbocycles. The molecule has 1 aromatic heterocycles. The second-order valence-corrected chi connectivity index (χ2v) is 6.04. The van der Waals surface area contributed by atoms with Crippen molar-refractivity contribution in [3.05, 3.63) is 36.5 Å². The normalized spacial score (nSPS) is 27.1. The van der Waals surface area contributed by atoms with E-state index in [1.165, 1.54) is 37.0 Å². The average molecular weight is 253 g/mol. The lowest BCUT2D eigenvalue weighted by Crippen LogP contribution is -2.27. The van der Waals surface area contributed by atoms with Crippen LogP contribution in [0.4, 0.5) is 5.82 Å². The minimum atomic E-state index is 0.832. The zero-order valence-corrected chi connectivity index (χ0v) is 11.3. The van der Waals surface area contributed by atoms with Gasteiger partial charge in [0, 0.05) is 37.8 Å². The van der Waals surface area contributed by atoms with Gasteiger partial charge >= 0.3 is 0 Å². The van der Waals surface area contributed by atoms with Gasteiger partial charge in [-0.05, 0) is 30.3 Å². The van der Waals surface area contributed by atoms with Crippen molar-refractivity contribution in [2.24, 2.45) is 11.8 Å². The van der Waals surface area contributed by atoms with Crippen molar-refractivity contribution < 1.29 is 0 Å². The number of hydrogen-bond donors (Lipinski definition) is 0. The fourth-order valence-corrected chi connectivity index (χ4v) is 3.66. The molecular formula is C16H19N3. The lowest BCUT2D eigenvalue weighted by Gasteiger charge is -2.20. The van der Waals surface area contributed by atoms with Crippen LogP contribution in [0.1, 0.15) is 0 Å². The molecule has 2 atom stereocenters. The molecule has 3 heteroatoms. The molecule has 0 bridgehead atoms. The number of fused-ring (bicyclic) bond motifs is 2. The summed E-state index contributed by atoms with van der Waals surface area (Å²) < 4.78 is 0. The van der Waals surface area contributed by atoms with Crippen molar-refractivity contribution in [3.8, 4) is 0 Å². The van der Waals surface area contributed by atoms with Gasteiger partial charge in [0.1, 0.15) is 5.82 Å². The molecule has 3 heterocycles. The van der Waals surface area contributed by atoms with Crippen LogP contribution in [0.25, 0.3) is 10.8 Å². The summed E-state index contributed by atoms with van der Waals surface area (Å²) in [4.78, 5) is 9.57. The highest BCUT2D eigenvalue weighted by Crippen LogP contribution is 2.33. The zero-order chi connectivity index (χ0) is 12.8. The number of pyridine rings is 1. The number of nitrogens with zero attached hydrogens (tertiary/aromatic N) is 3. The van der Waals surface area contributed by atoms with Crippen molar-refractivity contribution in [2.75, 3.05) is 38.1 Å². The highest BCUT2D eigenvalue weighted by atomic mass is 15.3. The lowest BCUT2D eigenvalue weighted by molar-refractivity contribution is 0.387. The maximum Gasteiger partial charge on any atom is 0.129 e. The van der Waals surface area contributed by atoms with Crippen LogP contribution in [-0.2, 0) is 0 Å². The zero-order valence-electron chi connectivity index (χ0n) is 11.3. The minimum Gasteiger partial charge on any atom is -0.356 e. The Morgan fingerprint density at radius 1 is 1.00 bits per heavy atom. The molecule has 0 spiro atoms. The summed E-state index contributed by atoms with van der Waals surface area (Å²) in [6.07, 6.45) is 2.00. The first-order valence-corrected chi connectivity index (χ1v) is 7.08. The van der Waals surface area contributed by atoms with Crippen LogP contribution < -0.4 is 4.90 Å². The Kier molecular flexibility index (Phi) is 2.49. The molecule has 98 valence electrons. The van der Waals surface area contributed by atoms with Crippen molar-refractivity contribution in [3.63, 3.8) is 0 Å². The molecular weight excluding hydrogens is 234 g/mol. The van der Waals surface area contributed by atoms with Crippen LogP contribution in [0, 0.1) is 11.8 Å². The first-order chi connectivity index (χ1) is 9.29. The molecule has 2 saturated heterocycles. The number of aromatic nitrogens is 1. The highest BCUT2D eigenvalue weighted by molar-refractivity contribution is 5.83. The number of rotatable bonds is 1. The number of likely N-dealkylation sites (tertiary alicyclic amines) is 1. The van der Waals surface area contributed by atoms with Gasteiger partial charge in [0.25, 0.3) is 0 Å². The van der Waals surface area contributed by atoms with Gasteiger partial charge in [0.2, 0.25) is 0 Å². The average Bonchev–Trinajstić information content (AvgIpc) is 2.95. The second-order valence-electron chi connectivity index (χ2n) is 6.04. The quantitative estimate of drug-likeness (QED) is 0.777. The van der Waals surface area contributed by atoms with Gasteiger partial charge in [-0.3, -0.25) is 0 Å². The van der Waals surface area contributed by atoms with E-state index in [9.17, 15) is 0 Å². The molecule has 0 amide bonds. The summed E-state index contributed by atoms with van der Waals surface area (Å²) >= 11 is 0. The van der Waals surface area contributed by atoms with E-state index in [1.807, 2.05) is 6.20 Å². The third kappa shape index (κ3) is 1.89. The van der Waals surface area contributed by atoms with Gasteiger partial charge in [-0.25, -0.2) is 4.98 Å². The van der Waals surface area contributed by atoms with Gasteiger partial charge < -0.3 is 9.80 Å². The summed E-state index contributed by atoms with van der Waals surface area (Å²) in [5, 5.41) is 2.52. The first kappa shape index (κ1) is 11.2. The molecule has 19 heavy (non-hydrogen) atoms. The van der Waals surface area contributed by atoms with E-state index in [2.05, 4.69) is 52.2 Å². The maximum absolute atomic E-state index is 4.65. The number of anilines is 1. The van der Waals surface area contributed by atoms with Crippen molar-refractivity contribution in [1.29, 1.82) is 0 Å². The highest BCUT2D eigenvalue weighted by Gasteiger charge is 2.38. The third-order valence-corrected chi connectivity index (χ3v) is 4.61. The molecule has 0 radical (unpaired) electrons. The molecule has 4 rings (SSSR count). The van der Waals surface area contributed by atoms with Crippen LogP contribution in [0.3, 0.4) is 0 Å². The number of benzene rings is 1. The molecule has 2 unspecified atom stereocenters. The van der Waals surface area contributed by atoms with E-state index in [1.54, 1.807) is 0 Å². The topological polar surface area (TPSA) is 19.4 Å². The molecule has 2 aliphatic rings. The smallest absolute Gasteiger partial charge is 0.129 e. The standard InChI is InChI=1S/C16H19N3/c1-18-8-14-10-19(11-15(14)9-18)16-6-12-4-2-3-5-13(12)7-17-16/h2-7,14-15H,8-11H2,1H3. The molecule has 0 aliphatic carbocycles. The SMILES string of the molecule is CN1CC2CN(c3cc4ccccc4cn3)CC2C1. The lowest BCUT2D eigenvalue weighted by atomic mass is 10.0. The monoisotopic (exact) mass is 253 g/mol. The summed E-state index contributed by atoms with van der Waals surface area (Å²) in [5.74, 6) is 2.81. The van der Waals surface area contributed by atoms with Crippen LogP contribution in [0.15, 0.2) is 36.5 Å². The largest absolute Gasteiger partial charge is 0.356 e. The fraction of sp³-hybridized carbons (Fsp3) is 0.438. The Morgan fingerprint density at radius 3 is 2.42 bits per heavy atom. The molecule has 2 aromatic rings. The summed E-state index contributed by atoms with van der Waals surface area (Å²) in [7, 11) is 2.23. The van der Waals surface area contributed by atoms with E-state index in [4.69, 9.17) is 0 Å². The first-order valence-electron chi connectivity index (χ1n) is 7.08.